The first-order valence-electron chi connectivity index (χ1n) is 6.14. The molecule has 104 valence electrons. The summed E-state index contributed by atoms with van der Waals surface area (Å²) in [6, 6.07) is -1.23. The summed E-state index contributed by atoms with van der Waals surface area (Å²) in [6.07, 6.45) is 0. The number of piperazine rings is 1. The van der Waals surface area contributed by atoms with Gasteiger partial charge in [-0.2, -0.15) is 0 Å². The minimum atomic E-state index is -1.23. The van der Waals surface area contributed by atoms with E-state index in [1.807, 2.05) is 0 Å². The fraction of sp³-hybridized carbons (Fsp3) is 0.818. The lowest BCUT2D eigenvalue weighted by Crippen LogP contribution is -2.55. The van der Waals surface area contributed by atoms with Crippen LogP contribution in [-0.4, -0.2) is 78.8 Å². The number of aliphatic hydroxyl groups is 1. The summed E-state index contributed by atoms with van der Waals surface area (Å²) in [5, 5.41) is 8.81. The van der Waals surface area contributed by atoms with E-state index in [4.69, 9.17) is 15.6 Å². The lowest BCUT2D eigenvalue weighted by Gasteiger charge is -2.35. The second-order valence-corrected chi connectivity index (χ2v) is 4.12. The van der Waals surface area contributed by atoms with Crippen molar-refractivity contribution >= 4 is 11.9 Å². The number of esters is 1. The average Bonchev–Trinajstić information content (AvgIpc) is 2.38. The number of hydrogen-bond donors (Lipinski definition) is 2. The molecule has 0 spiro atoms. The van der Waals surface area contributed by atoms with Crippen molar-refractivity contribution in [2.75, 3.05) is 45.9 Å². The molecule has 7 heteroatoms. The van der Waals surface area contributed by atoms with Crippen molar-refractivity contribution in [2.45, 2.75) is 13.0 Å². The number of ether oxygens (including phenoxy) is 1. The van der Waals surface area contributed by atoms with Gasteiger partial charge in [0.1, 0.15) is 0 Å². The summed E-state index contributed by atoms with van der Waals surface area (Å²) in [4.78, 5) is 26.9. The molecular weight excluding hydrogens is 238 g/mol. The largest absolute Gasteiger partial charge is 0.464 e. The Labute approximate surface area is 106 Å². The molecule has 0 aliphatic carbocycles. The summed E-state index contributed by atoms with van der Waals surface area (Å²) < 4.78 is 4.72. The first kappa shape index (κ1) is 14.9. The van der Waals surface area contributed by atoms with Crippen LogP contribution in [-0.2, 0) is 14.3 Å². The Morgan fingerprint density at radius 1 is 1.33 bits per heavy atom. The Morgan fingerprint density at radius 3 is 2.44 bits per heavy atom. The number of nitrogens with two attached hydrogens (primary N) is 1. The third kappa shape index (κ3) is 3.94. The second kappa shape index (κ2) is 7.30. The van der Waals surface area contributed by atoms with Crippen molar-refractivity contribution in [3.8, 4) is 0 Å². The minimum Gasteiger partial charge on any atom is -0.464 e. The standard InChI is InChI=1S/C11H21N3O4/c1-2-18-11(17)9(12)10(16)14-5-3-13(4-6-14)7-8-15/h9,15H,2-8,12H2,1H3. The van der Waals surface area contributed by atoms with Crippen LogP contribution in [0.5, 0.6) is 0 Å². The first-order valence-corrected chi connectivity index (χ1v) is 6.14. The molecule has 1 amide bonds. The van der Waals surface area contributed by atoms with E-state index in [2.05, 4.69) is 4.90 Å². The highest BCUT2D eigenvalue weighted by Gasteiger charge is 2.30. The maximum absolute atomic E-state index is 11.9. The maximum Gasteiger partial charge on any atom is 0.332 e. The van der Waals surface area contributed by atoms with Gasteiger partial charge in [0, 0.05) is 32.7 Å². The normalized spacial score (nSPS) is 18.5. The molecule has 3 N–H and O–H groups in total. The van der Waals surface area contributed by atoms with Crippen molar-refractivity contribution in [1.29, 1.82) is 0 Å². The number of nitrogens with zero attached hydrogens (tertiary/aromatic N) is 2. The van der Waals surface area contributed by atoms with Crippen LogP contribution in [0, 0.1) is 0 Å². The highest BCUT2D eigenvalue weighted by Crippen LogP contribution is 2.04. The minimum absolute atomic E-state index is 0.107. The van der Waals surface area contributed by atoms with Crippen LogP contribution in [0.3, 0.4) is 0 Å². The Kier molecular flexibility index (Phi) is 6.03. The van der Waals surface area contributed by atoms with E-state index < -0.39 is 17.9 Å². The number of hydrogen-bond acceptors (Lipinski definition) is 6. The van der Waals surface area contributed by atoms with E-state index in [-0.39, 0.29) is 13.2 Å². The fourth-order valence-electron chi connectivity index (χ4n) is 1.86. The van der Waals surface area contributed by atoms with Crippen molar-refractivity contribution < 1.29 is 19.4 Å². The summed E-state index contributed by atoms with van der Waals surface area (Å²) >= 11 is 0. The van der Waals surface area contributed by atoms with Crippen LogP contribution in [0.2, 0.25) is 0 Å². The van der Waals surface area contributed by atoms with E-state index in [1.54, 1.807) is 11.8 Å². The first-order chi connectivity index (χ1) is 8.60. The zero-order valence-corrected chi connectivity index (χ0v) is 10.7. The zero-order chi connectivity index (χ0) is 13.5. The van der Waals surface area contributed by atoms with Crippen LogP contribution in [0.15, 0.2) is 0 Å². The van der Waals surface area contributed by atoms with Gasteiger partial charge in [-0.1, -0.05) is 0 Å². The smallest absolute Gasteiger partial charge is 0.332 e. The summed E-state index contributed by atoms with van der Waals surface area (Å²) in [5.41, 5.74) is 5.55. The molecule has 1 saturated heterocycles. The van der Waals surface area contributed by atoms with E-state index in [0.717, 1.165) is 0 Å². The number of β-amino-alcohol motifs (C(OH)–C–C–N with tert-alkyl or cyclic N) is 1. The van der Waals surface area contributed by atoms with Gasteiger partial charge in [-0.3, -0.25) is 9.69 Å². The van der Waals surface area contributed by atoms with Gasteiger partial charge in [0.15, 0.2) is 6.04 Å². The molecule has 0 bridgehead atoms. The monoisotopic (exact) mass is 259 g/mol. The summed E-state index contributed by atoms with van der Waals surface area (Å²) in [6.45, 7) is 5.00. The SMILES string of the molecule is CCOC(=O)C(N)C(=O)N1CCN(CCO)CC1. The van der Waals surface area contributed by atoms with Crippen LogP contribution in [0.25, 0.3) is 0 Å². The molecule has 0 aromatic carbocycles. The molecule has 1 heterocycles. The van der Waals surface area contributed by atoms with E-state index >= 15 is 0 Å². The van der Waals surface area contributed by atoms with E-state index in [9.17, 15) is 9.59 Å². The van der Waals surface area contributed by atoms with Crippen molar-refractivity contribution in [3.63, 3.8) is 0 Å². The summed E-state index contributed by atoms with van der Waals surface area (Å²) in [7, 11) is 0. The van der Waals surface area contributed by atoms with E-state index in [1.165, 1.54) is 0 Å². The second-order valence-electron chi connectivity index (χ2n) is 4.12. The average molecular weight is 259 g/mol. The molecule has 1 atom stereocenters. The molecule has 1 aliphatic rings. The fourth-order valence-corrected chi connectivity index (χ4v) is 1.86. The maximum atomic E-state index is 11.9. The number of carbonyl (C=O) groups is 2. The predicted molar refractivity (Wildman–Crippen MR) is 64.7 cm³/mol. The van der Waals surface area contributed by atoms with Gasteiger partial charge < -0.3 is 20.5 Å². The van der Waals surface area contributed by atoms with Gasteiger partial charge in [-0.15, -0.1) is 0 Å². The number of rotatable bonds is 5. The zero-order valence-electron chi connectivity index (χ0n) is 10.7. The number of amides is 1. The topological polar surface area (TPSA) is 96.1 Å². The third-order valence-electron chi connectivity index (χ3n) is 2.91. The lowest BCUT2D eigenvalue weighted by atomic mass is 10.2. The van der Waals surface area contributed by atoms with Crippen LogP contribution in [0.4, 0.5) is 0 Å². The molecule has 0 radical (unpaired) electrons. The molecule has 0 aromatic heterocycles. The van der Waals surface area contributed by atoms with Gasteiger partial charge in [0.05, 0.1) is 13.2 Å². The Morgan fingerprint density at radius 2 is 1.94 bits per heavy atom. The van der Waals surface area contributed by atoms with Crippen molar-refractivity contribution in [1.82, 2.24) is 9.80 Å². The molecule has 1 rings (SSSR count). The molecular formula is C11H21N3O4. The summed E-state index contributed by atoms with van der Waals surface area (Å²) in [5.74, 6) is -1.07. The molecule has 7 nitrogen and oxygen atoms in total. The van der Waals surface area contributed by atoms with Gasteiger partial charge in [-0.25, -0.2) is 4.79 Å². The highest BCUT2D eigenvalue weighted by molar-refractivity contribution is 6.01. The van der Waals surface area contributed by atoms with E-state index in [0.29, 0.717) is 32.7 Å². The molecule has 18 heavy (non-hydrogen) atoms. The van der Waals surface area contributed by atoms with Gasteiger partial charge in [-0.05, 0) is 6.92 Å². The lowest BCUT2D eigenvalue weighted by molar-refractivity contribution is -0.151. The Bertz CT molecular complexity index is 290. The third-order valence-corrected chi connectivity index (χ3v) is 2.91. The van der Waals surface area contributed by atoms with Crippen LogP contribution < -0.4 is 5.73 Å². The molecule has 1 unspecified atom stereocenters. The predicted octanol–water partition coefficient (Wildman–Crippen LogP) is -1.99. The van der Waals surface area contributed by atoms with Crippen LogP contribution >= 0.6 is 0 Å². The number of carbonyl (C=O) groups excluding carboxylic acids is 2. The van der Waals surface area contributed by atoms with Gasteiger partial charge in [0.2, 0.25) is 0 Å². The molecule has 0 aromatic rings. The Hall–Kier alpha value is -1.18. The quantitative estimate of drug-likeness (QED) is 0.438. The Balaban J connectivity index is 2.42. The highest BCUT2D eigenvalue weighted by atomic mass is 16.5. The van der Waals surface area contributed by atoms with Crippen LogP contribution in [0.1, 0.15) is 6.92 Å². The van der Waals surface area contributed by atoms with Gasteiger partial charge in [0.25, 0.3) is 5.91 Å². The van der Waals surface area contributed by atoms with Crippen molar-refractivity contribution in [2.24, 2.45) is 5.73 Å². The molecule has 1 fully saturated rings. The molecule has 1 aliphatic heterocycles. The number of aliphatic hydroxyl groups excluding tert-OH is 1. The van der Waals surface area contributed by atoms with Crippen molar-refractivity contribution in [3.05, 3.63) is 0 Å². The van der Waals surface area contributed by atoms with Gasteiger partial charge >= 0.3 is 5.97 Å². The molecule has 0 saturated carbocycles.